The second-order valence-corrected chi connectivity index (χ2v) is 10.1. The predicted octanol–water partition coefficient (Wildman–Crippen LogP) is 1.98. The molecular weight excluding hydrogens is 372 g/mol. The molecule has 0 unspecified atom stereocenters. The average Bonchev–Trinajstić information content (AvgIpc) is 3.06. The Labute approximate surface area is 155 Å². The Morgan fingerprint density at radius 1 is 1.31 bits per heavy atom. The van der Waals surface area contributed by atoms with Crippen molar-refractivity contribution in [2.45, 2.75) is 43.7 Å². The van der Waals surface area contributed by atoms with Crippen molar-refractivity contribution in [3.05, 3.63) is 44.8 Å². The molecule has 0 atom stereocenters. The fourth-order valence-corrected chi connectivity index (χ4v) is 5.28. The van der Waals surface area contributed by atoms with Gasteiger partial charge in [-0.2, -0.15) is 0 Å². The van der Waals surface area contributed by atoms with Crippen molar-refractivity contribution in [3.63, 3.8) is 0 Å². The van der Waals surface area contributed by atoms with E-state index in [0.29, 0.717) is 17.6 Å². The fraction of sp³-hybridized carbons (Fsp3) is 0.412. The third kappa shape index (κ3) is 3.00. The molecule has 1 fully saturated rings. The molecule has 138 valence electrons. The SMILES string of the molecule is Cc1ncc(Cn2c(=O)n(C)c3cc(S(=O)(=O)NC4(C)CC4)ccc32)s1. The molecule has 0 aliphatic heterocycles. The largest absolute Gasteiger partial charge is 0.329 e. The third-order valence-electron chi connectivity index (χ3n) is 4.79. The maximum Gasteiger partial charge on any atom is 0.329 e. The smallest absolute Gasteiger partial charge is 0.295 e. The molecule has 1 aliphatic carbocycles. The summed E-state index contributed by atoms with van der Waals surface area (Å²) in [7, 11) is -1.95. The highest BCUT2D eigenvalue weighted by Crippen LogP contribution is 2.36. The Morgan fingerprint density at radius 3 is 2.65 bits per heavy atom. The molecule has 0 radical (unpaired) electrons. The van der Waals surface area contributed by atoms with E-state index in [1.165, 1.54) is 4.57 Å². The standard InChI is InChI=1S/C17H20N4O3S2/c1-11-18-9-12(25-11)10-21-14-5-4-13(8-15(14)20(3)16(21)22)26(23,24)19-17(2)6-7-17/h4-5,8-9,19H,6-7,10H2,1-3H3. The molecule has 0 amide bonds. The first-order chi connectivity index (χ1) is 12.2. The Hall–Kier alpha value is -1.97. The summed E-state index contributed by atoms with van der Waals surface area (Å²) in [4.78, 5) is 18.0. The zero-order valence-electron chi connectivity index (χ0n) is 14.8. The van der Waals surface area contributed by atoms with Crippen LogP contribution in [0.2, 0.25) is 0 Å². The monoisotopic (exact) mass is 392 g/mol. The number of sulfonamides is 1. The molecule has 0 saturated heterocycles. The summed E-state index contributed by atoms with van der Waals surface area (Å²) in [5.74, 6) is 0. The van der Waals surface area contributed by atoms with Gasteiger partial charge in [-0.3, -0.25) is 9.13 Å². The lowest BCUT2D eigenvalue weighted by Gasteiger charge is -2.12. The maximum absolute atomic E-state index is 12.6. The molecule has 1 aliphatic rings. The number of nitrogens with one attached hydrogen (secondary N) is 1. The highest BCUT2D eigenvalue weighted by atomic mass is 32.2. The van der Waals surface area contributed by atoms with Crippen molar-refractivity contribution >= 4 is 32.4 Å². The number of fused-ring (bicyclic) bond motifs is 1. The van der Waals surface area contributed by atoms with Gasteiger partial charge in [0, 0.05) is 23.7 Å². The van der Waals surface area contributed by atoms with Gasteiger partial charge in [-0.05, 0) is 44.9 Å². The minimum Gasteiger partial charge on any atom is -0.295 e. The van der Waals surface area contributed by atoms with E-state index in [4.69, 9.17) is 0 Å². The molecule has 9 heteroatoms. The van der Waals surface area contributed by atoms with Gasteiger partial charge in [-0.25, -0.2) is 22.9 Å². The summed E-state index contributed by atoms with van der Waals surface area (Å²) in [6, 6.07) is 4.83. The maximum atomic E-state index is 12.6. The molecule has 2 aromatic heterocycles. The number of aromatic nitrogens is 3. The molecule has 7 nitrogen and oxygen atoms in total. The van der Waals surface area contributed by atoms with Crippen molar-refractivity contribution in [2.24, 2.45) is 7.05 Å². The molecule has 2 heterocycles. The van der Waals surface area contributed by atoms with Crippen LogP contribution in [0, 0.1) is 6.92 Å². The van der Waals surface area contributed by atoms with E-state index in [1.807, 2.05) is 13.8 Å². The van der Waals surface area contributed by atoms with Crippen LogP contribution >= 0.6 is 11.3 Å². The van der Waals surface area contributed by atoms with Crippen LogP contribution in [0.4, 0.5) is 0 Å². The predicted molar refractivity (Wildman–Crippen MR) is 101 cm³/mol. The number of hydrogen-bond acceptors (Lipinski definition) is 5. The number of aryl methyl sites for hydroxylation is 2. The van der Waals surface area contributed by atoms with E-state index in [-0.39, 0.29) is 16.1 Å². The minimum atomic E-state index is -3.61. The number of imidazole rings is 1. The Balaban J connectivity index is 1.77. The van der Waals surface area contributed by atoms with Gasteiger partial charge >= 0.3 is 5.69 Å². The number of nitrogens with zero attached hydrogens (tertiary/aromatic N) is 3. The Kier molecular flexibility index (Phi) is 3.87. The summed E-state index contributed by atoms with van der Waals surface area (Å²) in [6.45, 7) is 4.24. The van der Waals surface area contributed by atoms with E-state index in [9.17, 15) is 13.2 Å². The first kappa shape index (κ1) is 17.4. The summed E-state index contributed by atoms with van der Waals surface area (Å²) < 4.78 is 31.1. The quantitative estimate of drug-likeness (QED) is 0.719. The molecule has 26 heavy (non-hydrogen) atoms. The lowest BCUT2D eigenvalue weighted by molar-refractivity contribution is 0.558. The summed E-state index contributed by atoms with van der Waals surface area (Å²) in [6.07, 6.45) is 3.46. The van der Waals surface area contributed by atoms with Crippen molar-refractivity contribution in [1.82, 2.24) is 18.8 Å². The van der Waals surface area contributed by atoms with Crippen molar-refractivity contribution in [3.8, 4) is 0 Å². The number of hydrogen-bond donors (Lipinski definition) is 1. The molecule has 0 spiro atoms. The fourth-order valence-electron chi connectivity index (χ4n) is 3.01. The van der Waals surface area contributed by atoms with Crippen LogP contribution < -0.4 is 10.4 Å². The van der Waals surface area contributed by atoms with E-state index in [2.05, 4.69) is 9.71 Å². The van der Waals surface area contributed by atoms with Crippen LogP contribution in [0.25, 0.3) is 11.0 Å². The Morgan fingerprint density at radius 2 is 2.04 bits per heavy atom. The molecule has 0 bridgehead atoms. The van der Waals surface area contributed by atoms with Gasteiger partial charge < -0.3 is 0 Å². The number of thiazole rings is 1. The van der Waals surface area contributed by atoms with Crippen LogP contribution in [0.1, 0.15) is 29.7 Å². The summed E-state index contributed by atoms with van der Waals surface area (Å²) in [5.41, 5.74) is 0.790. The molecule has 1 aromatic carbocycles. The van der Waals surface area contributed by atoms with E-state index < -0.39 is 10.0 Å². The summed E-state index contributed by atoms with van der Waals surface area (Å²) in [5, 5.41) is 0.946. The van der Waals surface area contributed by atoms with Crippen molar-refractivity contribution in [2.75, 3.05) is 0 Å². The zero-order valence-corrected chi connectivity index (χ0v) is 16.4. The summed E-state index contributed by atoms with van der Waals surface area (Å²) >= 11 is 1.54. The molecular formula is C17H20N4O3S2. The number of rotatable bonds is 5. The first-order valence-electron chi connectivity index (χ1n) is 8.33. The number of benzene rings is 1. The van der Waals surface area contributed by atoms with E-state index in [0.717, 1.165) is 22.7 Å². The lowest BCUT2D eigenvalue weighted by Crippen LogP contribution is -2.34. The van der Waals surface area contributed by atoms with Crippen molar-refractivity contribution < 1.29 is 8.42 Å². The molecule has 1 N–H and O–H groups in total. The van der Waals surface area contributed by atoms with Crippen molar-refractivity contribution in [1.29, 1.82) is 0 Å². The Bertz CT molecular complexity index is 1170. The van der Waals surface area contributed by atoms with E-state index in [1.54, 1.807) is 47.3 Å². The van der Waals surface area contributed by atoms with Crippen LogP contribution in [0.15, 0.2) is 34.1 Å². The van der Waals surface area contributed by atoms with Gasteiger partial charge in [-0.1, -0.05) is 0 Å². The average molecular weight is 393 g/mol. The molecule has 3 aromatic rings. The van der Waals surface area contributed by atoms with Gasteiger partial charge in [0.25, 0.3) is 0 Å². The lowest BCUT2D eigenvalue weighted by atomic mass is 10.3. The highest BCUT2D eigenvalue weighted by Gasteiger charge is 2.41. The third-order valence-corrected chi connectivity index (χ3v) is 7.32. The first-order valence-corrected chi connectivity index (χ1v) is 10.6. The van der Waals surface area contributed by atoms with Gasteiger partial charge in [0.05, 0.1) is 27.5 Å². The zero-order chi connectivity index (χ0) is 18.7. The van der Waals surface area contributed by atoms with Crippen LogP contribution in [0.5, 0.6) is 0 Å². The van der Waals surface area contributed by atoms with Gasteiger partial charge in [0.1, 0.15) is 0 Å². The topological polar surface area (TPSA) is 86.0 Å². The van der Waals surface area contributed by atoms with Crippen LogP contribution in [-0.4, -0.2) is 28.1 Å². The van der Waals surface area contributed by atoms with Gasteiger partial charge in [-0.15, -0.1) is 11.3 Å². The molecule has 4 rings (SSSR count). The van der Waals surface area contributed by atoms with Gasteiger partial charge in [0.15, 0.2) is 0 Å². The van der Waals surface area contributed by atoms with E-state index >= 15 is 0 Å². The molecule has 1 saturated carbocycles. The van der Waals surface area contributed by atoms with Gasteiger partial charge in [0.2, 0.25) is 10.0 Å². The van der Waals surface area contributed by atoms with Crippen LogP contribution in [0.3, 0.4) is 0 Å². The minimum absolute atomic E-state index is 0.178. The normalized spacial score (nSPS) is 16.3. The second kappa shape index (κ2) is 5.77. The van der Waals surface area contributed by atoms with Crippen LogP contribution in [-0.2, 0) is 23.6 Å². The second-order valence-electron chi connectivity index (χ2n) is 7.09. The highest BCUT2D eigenvalue weighted by molar-refractivity contribution is 7.89.